The number of phenols is 1. The molecule has 0 saturated heterocycles. The van der Waals surface area contributed by atoms with Crippen molar-refractivity contribution in [1.29, 1.82) is 0 Å². The fraction of sp³-hybridized carbons (Fsp3) is 0.143. The van der Waals surface area contributed by atoms with Crippen LogP contribution in [0.4, 0.5) is 13.2 Å². The van der Waals surface area contributed by atoms with Gasteiger partial charge < -0.3 is 9.29 Å². The molecule has 0 aliphatic rings. The Morgan fingerprint density at radius 3 is 2.31 bits per heavy atom. The molecule has 0 aliphatic carbocycles. The van der Waals surface area contributed by atoms with Gasteiger partial charge in [-0.05, 0) is 34.7 Å². The second-order valence-corrected chi connectivity index (χ2v) is 5.27. The molecule has 0 bridgehead atoms. The number of para-hydroxylation sites is 1. The van der Waals surface area contributed by atoms with Gasteiger partial charge in [-0.15, -0.1) is 0 Å². The fourth-order valence-electron chi connectivity index (χ4n) is 0.737. The van der Waals surface area contributed by atoms with E-state index in [-0.39, 0.29) is 3.57 Å². The summed E-state index contributed by atoms with van der Waals surface area (Å²) in [5.74, 6) is -1.42. The smallest absolute Gasteiger partial charge is 0.504 e. The van der Waals surface area contributed by atoms with Gasteiger partial charge in [-0.25, -0.2) is 0 Å². The molecular weight excluding hydrogens is 364 g/mol. The first-order chi connectivity index (χ1) is 7.15. The number of aromatic hydroxyl groups is 1. The zero-order chi connectivity index (χ0) is 12.6. The van der Waals surface area contributed by atoms with E-state index in [1.165, 1.54) is 34.7 Å². The molecule has 4 nitrogen and oxygen atoms in total. The van der Waals surface area contributed by atoms with E-state index in [0.29, 0.717) is 0 Å². The molecule has 9 heteroatoms. The van der Waals surface area contributed by atoms with Crippen LogP contribution < -0.4 is 4.18 Å². The maximum atomic E-state index is 12.0. The lowest BCUT2D eigenvalue weighted by Gasteiger charge is -2.11. The molecule has 16 heavy (non-hydrogen) atoms. The van der Waals surface area contributed by atoms with E-state index < -0.39 is 27.1 Å². The number of hydrogen-bond acceptors (Lipinski definition) is 4. The minimum atomic E-state index is -5.76. The molecule has 0 radical (unpaired) electrons. The van der Waals surface area contributed by atoms with Gasteiger partial charge in [0.15, 0.2) is 11.5 Å². The summed E-state index contributed by atoms with van der Waals surface area (Å²) in [6.45, 7) is 0. The summed E-state index contributed by atoms with van der Waals surface area (Å²) in [7, 11) is -5.76. The first-order valence-corrected chi connectivity index (χ1v) is 6.12. The van der Waals surface area contributed by atoms with E-state index in [4.69, 9.17) is 5.11 Å². The molecule has 90 valence electrons. The molecule has 1 aromatic rings. The van der Waals surface area contributed by atoms with Gasteiger partial charge in [0.25, 0.3) is 0 Å². The van der Waals surface area contributed by atoms with E-state index in [9.17, 15) is 21.6 Å². The van der Waals surface area contributed by atoms with Crippen LogP contribution >= 0.6 is 22.6 Å². The van der Waals surface area contributed by atoms with Gasteiger partial charge in [0, 0.05) is 0 Å². The molecule has 0 saturated carbocycles. The SMILES string of the molecule is O=S(=O)(Oc1c(O)cccc1I)C(F)(F)F. The highest BCUT2D eigenvalue weighted by Gasteiger charge is 2.49. The van der Waals surface area contributed by atoms with Gasteiger partial charge in [-0.1, -0.05) is 6.07 Å². The molecular formula is C7H4F3IO4S. The fourth-order valence-corrected chi connectivity index (χ4v) is 1.97. The molecule has 0 unspecified atom stereocenters. The van der Waals surface area contributed by atoms with E-state index in [0.717, 1.165) is 6.07 Å². The lowest BCUT2D eigenvalue weighted by molar-refractivity contribution is -0.0500. The highest BCUT2D eigenvalue weighted by atomic mass is 127. The Morgan fingerprint density at radius 1 is 1.31 bits per heavy atom. The third-order valence-corrected chi connectivity index (χ3v) is 3.23. The van der Waals surface area contributed by atoms with Crippen LogP contribution in [0, 0.1) is 3.57 Å². The predicted molar refractivity (Wildman–Crippen MR) is 56.4 cm³/mol. The number of alkyl halides is 3. The largest absolute Gasteiger partial charge is 0.534 e. The minimum Gasteiger partial charge on any atom is -0.504 e. The molecule has 1 rings (SSSR count). The van der Waals surface area contributed by atoms with E-state index in [2.05, 4.69) is 4.18 Å². The number of hydrogen-bond donors (Lipinski definition) is 1. The van der Waals surface area contributed by atoms with Gasteiger partial charge in [-0.2, -0.15) is 21.6 Å². The predicted octanol–water partition coefficient (Wildman–Crippen LogP) is 2.23. The highest BCUT2D eigenvalue weighted by molar-refractivity contribution is 14.1. The number of halogens is 4. The van der Waals surface area contributed by atoms with Crippen molar-refractivity contribution in [2.24, 2.45) is 0 Å². The summed E-state index contributed by atoms with van der Waals surface area (Å²) >= 11 is 1.54. The molecule has 0 aliphatic heterocycles. The zero-order valence-corrected chi connectivity index (χ0v) is 10.3. The molecule has 0 amide bonds. The lowest BCUT2D eigenvalue weighted by Crippen LogP contribution is -2.28. The van der Waals surface area contributed by atoms with Gasteiger partial charge in [0.2, 0.25) is 0 Å². The molecule has 0 atom stereocenters. The summed E-state index contributed by atoms with van der Waals surface area (Å²) in [6.07, 6.45) is 0. The van der Waals surface area contributed by atoms with Crippen LogP contribution in [0.3, 0.4) is 0 Å². The van der Waals surface area contributed by atoms with Crippen LogP contribution in [0.2, 0.25) is 0 Å². The van der Waals surface area contributed by atoms with E-state index >= 15 is 0 Å². The van der Waals surface area contributed by atoms with Gasteiger partial charge >= 0.3 is 15.6 Å². The average molecular weight is 368 g/mol. The second kappa shape index (κ2) is 4.28. The Balaban J connectivity index is 3.17. The average Bonchev–Trinajstić information content (AvgIpc) is 2.10. The number of rotatable bonds is 2. The van der Waals surface area contributed by atoms with Crippen molar-refractivity contribution in [3.05, 3.63) is 21.8 Å². The zero-order valence-electron chi connectivity index (χ0n) is 7.32. The van der Waals surface area contributed by atoms with Gasteiger partial charge in [0.1, 0.15) is 0 Å². The normalized spacial score (nSPS) is 12.5. The number of phenolic OH excluding ortho intramolecular Hbond substituents is 1. The Bertz CT molecular complexity index is 477. The molecule has 1 aromatic carbocycles. The van der Waals surface area contributed by atoms with Crippen LogP contribution in [-0.4, -0.2) is 19.0 Å². The topological polar surface area (TPSA) is 63.6 Å². The van der Waals surface area contributed by atoms with Crippen LogP contribution in [0.15, 0.2) is 18.2 Å². The van der Waals surface area contributed by atoms with Gasteiger partial charge in [0.05, 0.1) is 3.57 Å². The van der Waals surface area contributed by atoms with Crippen LogP contribution in [0.5, 0.6) is 11.5 Å². The van der Waals surface area contributed by atoms with Crippen LogP contribution in [0.1, 0.15) is 0 Å². The highest BCUT2D eigenvalue weighted by Crippen LogP contribution is 2.35. The molecule has 0 aromatic heterocycles. The third kappa shape index (κ3) is 2.70. The monoisotopic (exact) mass is 368 g/mol. The van der Waals surface area contributed by atoms with Crippen molar-refractivity contribution in [2.45, 2.75) is 5.51 Å². The Morgan fingerprint density at radius 2 is 1.88 bits per heavy atom. The van der Waals surface area contributed by atoms with Crippen molar-refractivity contribution in [2.75, 3.05) is 0 Å². The van der Waals surface area contributed by atoms with E-state index in [1.807, 2.05) is 0 Å². The summed E-state index contributed by atoms with van der Waals surface area (Å²) < 4.78 is 61.1. The first kappa shape index (κ1) is 13.4. The van der Waals surface area contributed by atoms with E-state index in [1.54, 1.807) is 0 Å². The van der Waals surface area contributed by atoms with Crippen LogP contribution in [-0.2, 0) is 10.1 Å². The Hall–Kier alpha value is -0.710. The lowest BCUT2D eigenvalue weighted by atomic mass is 10.3. The standard InChI is InChI=1S/C7H4F3IO4S/c8-7(9,10)16(13,14)15-6-4(11)2-1-3-5(6)12/h1-3,12H. The summed E-state index contributed by atoms with van der Waals surface area (Å²) in [6, 6.07) is 3.65. The molecule has 0 spiro atoms. The number of benzene rings is 1. The summed E-state index contributed by atoms with van der Waals surface area (Å²) in [4.78, 5) is 0. The first-order valence-electron chi connectivity index (χ1n) is 3.63. The van der Waals surface area contributed by atoms with Crippen molar-refractivity contribution in [1.82, 2.24) is 0 Å². The summed E-state index contributed by atoms with van der Waals surface area (Å²) in [5, 5.41) is 9.16. The maximum absolute atomic E-state index is 12.0. The minimum absolute atomic E-state index is 0.0467. The molecule has 0 fully saturated rings. The molecule has 1 N–H and O–H groups in total. The van der Waals surface area contributed by atoms with Crippen molar-refractivity contribution in [3.8, 4) is 11.5 Å². The Labute approximate surface area is 102 Å². The van der Waals surface area contributed by atoms with Crippen molar-refractivity contribution in [3.63, 3.8) is 0 Å². The van der Waals surface area contributed by atoms with Gasteiger partial charge in [-0.3, -0.25) is 0 Å². The summed E-state index contributed by atoms with van der Waals surface area (Å²) in [5.41, 5.74) is -5.53. The second-order valence-electron chi connectivity index (χ2n) is 2.57. The van der Waals surface area contributed by atoms with Crippen molar-refractivity contribution < 1.29 is 30.9 Å². The molecule has 0 heterocycles. The maximum Gasteiger partial charge on any atom is 0.534 e. The Kier molecular flexibility index (Phi) is 3.57. The third-order valence-electron chi connectivity index (χ3n) is 1.42. The van der Waals surface area contributed by atoms with Crippen molar-refractivity contribution >= 4 is 32.7 Å². The van der Waals surface area contributed by atoms with Crippen LogP contribution in [0.25, 0.3) is 0 Å². The quantitative estimate of drug-likeness (QED) is 0.494.